The van der Waals surface area contributed by atoms with Crippen molar-refractivity contribution in [3.8, 4) is 0 Å². The van der Waals surface area contributed by atoms with Gasteiger partial charge < -0.3 is 10.4 Å². The Hall–Kier alpha value is -0.290. The Balaban J connectivity index is 1.84. The number of aliphatic hydroxyl groups excluding tert-OH is 1. The largest absolute Gasteiger partial charge is 0.394 e. The molecule has 0 radical (unpaired) electrons. The summed E-state index contributed by atoms with van der Waals surface area (Å²) in [6, 6.07) is 3.85. The summed E-state index contributed by atoms with van der Waals surface area (Å²) in [5.74, 6) is 1.60. The molecule has 21 heavy (non-hydrogen) atoms. The van der Waals surface area contributed by atoms with Crippen molar-refractivity contribution >= 4 is 23.4 Å². The van der Waals surface area contributed by atoms with E-state index in [1.54, 1.807) is 18.0 Å². The number of rotatable bonds is 8. The van der Waals surface area contributed by atoms with Gasteiger partial charge in [0.25, 0.3) is 0 Å². The molecule has 0 amide bonds. The van der Waals surface area contributed by atoms with Crippen LogP contribution in [0, 0.1) is 5.92 Å². The number of halogens is 1. The van der Waals surface area contributed by atoms with Crippen molar-refractivity contribution in [1.29, 1.82) is 0 Å². The molecule has 0 saturated heterocycles. The van der Waals surface area contributed by atoms with Crippen molar-refractivity contribution in [3.63, 3.8) is 0 Å². The molecule has 1 aromatic rings. The van der Waals surface area contributed by atoms with Gasteiger partial charge in [-0.2, -0.15) is 0 Å². The van der Waals surface area contributed by atoms with Crippen molar-refractivity contribution in [2.45, 2.75) is 49.6 Å². The van der Waals surface area contributed by atoms with Gasteiger partial charge in [-0.1, -0.05) is 24.9 Å². The quantitative estimate of drug-likeness (QED) is 0.713. The molecular formula is C16H25ClN2OS. The first-order chi connectivity index (χ1) is 10.2. The van der Waals surface area contributed by atoms with E-state index >= 15 is 0 Å². The molecule has 0 aromatic carbocycles. The normalized spacial score (nSPS) is 25.4. The Morgan fingerprint density at radius 1 is 1.52 bits per heavy atom. The Labute approximate surface area is 136 Å². The van der Waals surface area contributed by atoms with Gasteiger partial charge in [0, 0.05) is 11.7 Å². The second kappa shape index (κ2) is 8.37. The molecular weight excluding hydrogens is 304 g/mol. The molecule has 1 aliphatic carbocycles. The lowest BCUT2D eigenvalue weighted by Gasteiger charge is -2.35. The maximum atomic E-state index is 9.86. The second-order valence-electron chi connectivity index (χ2n) is 5.78. The number of nitrogens with zero attached hydrogens (tertiary/aromatic N) is 1. The minimum Gasteiger partial charge on any atom is -0.394 e. The number of hydrogen-bond donors (Lipinski definition) is 2. The predicted molar refractivity (Wildman–Crippen MR) is 90.0 cm³/mol. The molecule has 2 rings (SSSR count). The molecule has 0 bridgehead atoms. The average molecular weight is 329 g/mol. The minimum atomic E-state index is -0.0516. The SMILES string of the molecule is CCCNC1(CO)CCCC1CCSc1ccc(Cl)cn1. The minimum absolute atomic E-state index is 0.0516. The molecule has 5 heteroatoms. The fraction of sp³-hybridized carbons (Fsp3) is 0.688. The number of aromatic nitrogens is 1. The summed E-state index contributed by atoms with van der Waals surface area (Å²) in [4.78, 5) is 4.31. The zero-order valence-corrected chi connectivity index (χ0v) is 14.2. The summed E-state index contributed by atoms with van der Waals surface area (Å²) in [6.07, 6.45) is 7.44. The van der Waals surface area contributed by atoms with Crippen LogP contribution in [0.4, 0.5) is 0 Å². The molecule has 1 heterocycles. The number of thioether (sulfide) groups is 1. The first-order valence-electron chi connectivity index (χ1n) is 7.80. The van der Waals surface area contributed by atoms with E-state index in [1.165, 1.54) is 12.8 Å². The standard InChI is InChI=1S/C16H25ClN2OS/c1-2-9-19-16(12-20)8-3-4-13(16)7-10-21-15-6-5-14(17)11-18-15/h5-6,11,13,19-20H,2-4,7-10,12H2,1H3. The van der Waals surface area contributed by atoms with Crippen LogP contribution in [-0.4, -0.2) is 34.5 Å². The second-order valence-corrected chi connectivity index (χ2v) is 7.33. The molecule has 1 fully saturated rings. The van der Waals surface area contributed by atoms with Gasteiger partial charge in [-0.05, 0) is 56.0 Å². The topological polar surface area (TPSA) is 45.1 Å². The molecule has 1 saturated carbocycles. The Kier molecular flexibility index (Phi) is 6.80. The highest BCUT2D eigenvalue weighted by Gasteiger charge is 2.41. The highest BCUT2D eigenvalue weighted by molar-refractivity contribution is 7.99. The third-order valence-corrected chi connectivity index (χ3v) is 5.58. The fourth-order valence-corrected chi connectivity index (χ4v) is 4.20. The average Bonchev–Trinajstić information content (AvgIpc) is 2.91. The molecule has 3 nitrogen and oxygen atoms in total. The number of pyridine rings is 1. The van der Waals surface area contributed by atoms with E-state index in [9.17, 15) is 5.11 Å². The van der Waals surface area contributed by atoms with Crippen LogP contribution < -0.4 is 5.32 Å². The maximum Gasteiger partial charge on any atom is 0.0960 e. The van der Waals surface area contributed by atoms with Crippen molar-refractivity contribution in [2.24, 2.45) is 5.92 Å². The lowest BCUT2D eigenvalue weighted by molar-refractivity contribution is 0.122. The van der Waals surface area contributed by atoms with Crippen LogP contribution in [0.3, 0.4) is 0 Å². The Morgan fingerprint density at radius 2 is 2.38 bits per heavy atom. The molecule has 1 aromatic heterocycles. The van der Waals surface area contributed by atoms with Gasteiger partial charge in [-0.3, -0.25) is 0 Å². The van der Waals surface area contributed by atoms with Gasteiger partial charge in [0.05, 0.1) is 16.7 Å². The highest BCUT2D eigenvalue weighted by Crippen LogP contribution is 2.38. The Morgan fingerprint density at radius 3 is 3.05 bits per heavy atom. The Bertz CT molecular complexity index is 429. The zero-order valence-electron chi connectivity index (χ0n) is 12.6. The van der Waals surface area contributed by atoms with Gasteiger partial charge in [0.15, 0.2) is 0 Å². The van der Waals surface area contributed by atoms with Crippen LogP contribution in [0.5, 0.6) is 0 Å². The summed E-state index contributed by atoms with van der Waals surface area (Å²) in [5.41, 5.74) is -0.0516. The molecule has 2 unspecified atom stereocenters. The van der Waals surface area contributed by atoms with Gasteiger partial charge in [0.1, 0.15) is 0 Å². The fourth-order valence-electron chi connectivity index (χ4n) is 3.19. The van der Waals surface area contributed by atoms with Gasteiger partial charge >= 0.3 is 0 Å². The van der Waals surface area contributed by atoms with E-state index in [0.29, 0.717) is 10.9 Å². The van der Waals surface area contributed by atoms with Crippen molar-refractivity contribution in [3.05, 3.63) is 23.4 Å². The van der Waals surface area contributed by atoms with Crippen LogP contribution >= 0.6 is 23.4 Å². The highest BCUT2D eigenvalue weighted by atomic mass is 35.5. The third kappa shape index (κ3) is 4.59. The molecule has 2 N–H and O–H groups in total. The van der Waals surface area contributed by atoms with Crippen LogP contribution in [0.25, 0.3) is 0 Å². The number of hydrogen-bond acceptors (Lipinski definition) is 4. The molecule has 1 aliphatic rings. The molecule has 0 spiro atoms. The van der Waals surface area contributed by atoms with Crippen molar-refractivity contribution < 1.29 is 5.11 Å². The summed E-state index contributed by atoms with van der Waals surface area (Å²) in [6.45, 7) is 3.41. The van der Waals surface area contributed by atoms with E-state index in [4.69, 9.17) is 11.6 Å². The lowest BCUT2D eigenvalue weighted by Crippen LogP contribution is -2.51. The van der Waals surface area contributed by atoms with Crippen LogP contribution in [-0.2, 0) is 0 Å². The molecule has 2 atom stereocenters. The first kappa shape index (κ1) is 17.1. The smallest absolute Gasteiger partial charge is 0.0960 e. The van der Waals surface area contributed by atoms with Crippen LogP contribution in [0.1, 0.15) is 39.0 Å². The number of aliphatic hydroxyl groups is 1. The number of nitrogens with one attached hydrogen (secondary N) is 1. The lowest BCUT2D eigenvalue weighted by atomic mass is 9.85. The van der Waals surface area contributed by atoms with Crippen LogP contribution in [0.2, 0.25) is 5.02 Å². The first-order valence-corrected chi connectivity index (χ1v) is 9.17. The summed E-state index contributed by atoms with van der Waals surface area (Å²) < 4.78 is 0. The predicted octanol–water partition coefficient (Wildman–Crippen LogP) is 3.75. The van der Waals surface area contributed by atoms with E-state index in [0.717, 1.165) is 36.6 Å². The molecule has 0 aliphatic heterocycles. The van der Waals surface area contributed by atoms with Crippen LogP contribution in [0.15, 0.2) is 23.4 Å². The molecule has 118 valence electrons. The van der Waals surface area contributed by atoms with E-state index < -0.39 is 0 Å². The maximum absolute atomic E-state index is 9.86. The third-order valence-electron chi connectivity index (χ3n) is 4.38. The van der Waals surface area contributed by atoms with Gasteiger partial charge in [0.2, 0.25) is 0 Å². The van der Waals surface area contributed by atoms with Crippen molar-refractivity contribution in [1.82, 2.24) is 10.3 Å². The summed E-state index contributed by atoms with van der Waals surface area (Å²) in [7, 11) is 0. The van der Waals surface area contributed by atoms with Gasteiger partial charge in [-0.25, -0.2) is 4.98 Å². The van der Waals surface area contributed by atoms with E-state index in [1.807, 2.05) is 12.1 Å². The summed E-state index contributed by atoms with van der Waals surface area (Å²) >= 11 is 7.62. The van der Waals surface area contributed by atoms with Gasteiger partial charge in [-0.15, -0.1) is 11.8 Å². The monoisotopic (exact) mass is 328 g/mol. The summed E-state index contributed by atoms with van der Waals surface area (Å²) in [5, 5.41) is 15.2. The van der Waals surface area contributed by atoms with E-state index in [-0.39, 0.29) is 12.1 Å². The van der Waals surface area contributed by atoms with Crippen molar-refractivity contribution in [2.75, 3.05) is 18.9 Å². The van der Waals surface area contributed by atoms with E-state index in [2.05, 4.69) is 17.2 Å². The zero-order chi connectivity index (χ0) is 15.1.